The van der Waals surface area contributed by atoms with Gasteiger partial charge in [0.2, 0.25) is 5.79 Å². The van der Waals surface area contributed by atoms with Gasteiger partial charge in [-0.25, -0.2) is 0 Å². The second kappa shape index (κ2) is 7.28. The highest BCUT2D eigenvalue weighted by Crippen LogP contribution is 2.37. The molecule has 0 radical (unpaired) electrons. The summed E-state index contributed by atoms with van der Waals surface area (Å²) in [6.45, 7) is 3.11. The summed E-state index contributed by atoms with van der Waals surface area (Å²) in [4.78, 5) is 2.24. The molecule has 1 spiro atoms. The second-order valence-corrected chi connectivity index (χ2v) is 7.69. The average Bonchev–Trinajstić information content (AvgIpc) is 2.75. The number of rotatable bonds is 3. The molecule has 0 unspecified atom stereocenters. The molecule has 1 saturated heterocycles. The van der Waals surface area contributed by atoms with Gasteiger partial charge in [0.15, 0.2) is 17.6 Å². The van der Waals surface area contributed by atoms with Gasteiger partial charge in [-0.1, -0.05) is 30.3 Å². The Kier molecular flexibility index (Phi) is 4.62. The zero-order valence-corrected chi connectivity index (χ0v) is 15.8. The van der Waals surface area contributed by atoms with Gasteiger partial charge >= 0.3 is 0 Å². The Morgan fingerprint density at radius 2 is 1.71 bits per heavy atom. The van der Waals surface area contributed by atoms with E-state index in [1.807, 2.05) is 48.5 Å². The predicted octanol–water partition coefficient (Wildman–Crippen LogP) is 2.59. The maximum atomic E-state index is 10.7. The third-order valence-corrected chi connectivity index (χ3v) is 5.78. The van der Waals surface area contributed by atoms with Gasteiger partial charge in [0, 0.05) is 38.0 Å². The zero-order chi connectivity index (χ0) is 19.0. The number of piperidine rings is 1. The fraction of sp³-hybridized carbons (Fsp3) is 0.455. The lowest BCUT2D eigenvalue weighted by Gasteiger charge is -2.44. The molecule has 3 aliphatic rings. The smallest absolute Gasteiger partial charge is 0.213 e. The van der Waals surface area contributed by atoms with E-state index in [1.54, 1.807) is 0 Å². The quantitative estimate of drug-likeness (QED) is 0.879. The summed E-state index contributed by atoms with van der Waals surface area (Å²) in [5, 5.41) is 10.7. The Bertz CT molecular complexity index is 833. The first-order chi connectivity index (χ1) is 13.7. The SMILES string of the molecule is O[C@@H](CN1CCC2(CC1)OCc1ccccc1O2)[C@@H]1COc2ccccc2O1. The van der Waals surface area contributed by atoms with E-state index in [0.717, 1.165) is 43.0 Å². The maximum Gasteiger partial charge on any atom is 0.213 e. The summed E-state index contributed by atoms with van der Waals surface area (Å²) >= 11 is 0. The third-order valence-electron chi connectivity index (χ3n) is 5.78. The van der Waals surface area contributed by atoms with Gasteiger partial charge in [-0.05, 0) is 18.2 Å². The molecule has 2 atom stereocenters. The van der Waals surface area contributed by atoms with Crippen molar-refractivity contribution in [3.63, 3.8) is 0 Å². The van der Waals surface area contributed by atoms with E-state index in [0.29, 0.717) is 25.5 Å². The molecule has 0 aliphatic carbocycles. The molecular weight excluding hydrogens is 358 g/mol. The van der Waals surface area contributed by atoms with Gasteiger partial charge in [-0.3, -0.25) is 0 Å². The van der Waals surface area contributed by atoms with Crippen molar-refractivity contribution >= 4 is 0 Å². The van der Waals surface area contributed by atoms with Crippen molar-refractivity contribution < 1.29 is 24.1 Å². The standard InChI is InChI=1S/C22H25NO5/c24-17(21-15-25-19-7-3-4-8-20(19)27-21)13-23-11-9-22(10-12-23)26-14-16-5-1-2-6-18(16)28-22/h1-8,17,21,24H,9-15H2/t17-,21-/m0/s1. The zero-order valence-electron chi connectivity index (χ0n) is 15.8. The molecule has 0 amide bonds. The van der Waals surface area contributed by atoms with Gasteiger partial charge < -0.3 is 29.0 Å². The van der Waals surface area contributed by atoms with Crippen LogP contribution in [0.5, 0.6) is 17.2 Å². The first-order valence-electron chi connectivity index (χ1n) is 9.91. The van der Waals surface area contributed by atoms with E-state index in [2.05, 4.69) is 4.90 Å². The largest absolute Gasteiger partial charge is 0.486 e. The van der Waals surface area contributed by atoms with Crippen molar-refractivity contribution in [1.82, 2.24) is 4.90 Å². The number of aliphatic hydroxyl groups is 1. The molecule has 6 nitrogen and oxygen atoms in total. The summed E-state index contributed by atoms with van der Waals surface area (Å²) < 4.78 is 24.0. The van der Waals surface area contributed by atoms with Crippen molar-refractivity contribution in [3.05, 3.63) is 54.1 Å². The minimum atomic E-state index is -0.615. The first-order valence-corrected chi connectivity index (χ1v) is 9.91. The molecular formula is C22H25NO5. The minimum Gasteiger partial charge on any atom is -0.486 e. The Labute approximate surface area is 164 Å². The maximum absolute atomic E-state index is 10.7. The second-order valence-electron chi connectivity index (χ2n) is 7.69. The van der Waals surface area contributed by atoms with Crippen LogP contribution >= 0.6 is 0 Å². The Balaban J connectivity index is 1.16. The lowest BCUT2D eigenvalue weighted by molar-refractivity contribution is -0.229. The van der Waals surface area contributed by atoms with Crippen molar-refractivity contribution in [1.29, 1.82) is 0 Å². The monoisotopic (exact) mass is 383 g/mol. The van der Waals surface area contributed by atoms with Crippen LogP contribution in [0.3, 0.4) is 0 Å². The molecule has 0 bridgehead atoms. The number of β-amino-alcohol motifs (C(OH)–C–C–N with tert-alkyl or cyclic N) is 1. The van der Waals surface area contributed by atoms with Crippen LogP contribution in [0, 0.1) is 0 Å². The van der Waals surface area contributed by atoms with E-state index in [1.165, 1.54) is 0 Å². The van der Waals surface area contributed by atoms with Crippen LogP contribution in [0.1, 0.15) is 18.4 Å². The highest BCUT2D eigenvalue weighted by Gasteiger charge is 2.41. The van der Waals surface area contributed by atoms with Crippen molar-refractivity contribution in [3.8, 4) is 17.2 Å². The lowest BCUT2D eigenvalue weighted by Crippen LogP contribution is -2.54. The number of para-hydroxylation sites is 3. The summed E-state index contributed by atoms with van der Waals surface area (Å²) in [6.07, 6.45) is 0.578. The topological polar surface area (TPSA) is 60.4 Å². The molecule has 0 saturated carbocycles. The van der Waals surface area contributed by atoms with Crippen LogP contribution in [0.15, 0.2) is 48.5 Å². The van der Waals surface area contributed by atoms with Crippen molar-refractivity contribution in [2.45, 2.75) is 37.4 Å². The molecule has 1 N–H and O–H groups in total. The fourth-order valence-corrected chi connectivity index (χ4v) is 4.09. The fourth-order valence-electron chi connectivity index (χ4n) is 4.09. The molecule has 3 aliphatic heterocycles. The van der Waals surface area contributed by atoms with Crippen LogP contribution in [0.2, 0.25) is 0 Å². The lowest BCUT2D eigenvalue weighted by atomic mass is 10.0. The Hall–Kier alpha value is -2.28. The normalized spacial score (nSPS) is 24.2. The Morgan fingerprint density at radius 1 is 1.00 bits per heavy atom. The van der Waals surface area contributed by atoms with Gasteiger partial charge in [-0.2, -0.15) is 0 Å². The third kappa shape index (κ3) is 3.43. The van der Waals surface area contributed by atoms with Gasteiger partial charge in [0.1, 0.15) is 18.5 Å². The van der Waals surface area contributed by atoms with E-state index >= 15 is 0 Å². The van der Waals surface area contributed by atoms with Gasteiger partial charge in [0.05, 0.1) is 6.61 Å². The number of hydrogen-bond donors (Lipinski definition) is 1. The van der Waals surface area contributed by atoms with Crippen molar-refractivity contribution in [2.24, 2.45) is 0 Å². The number of benzene rings is 2. The molecule has 5 rings (SSSR count). The van der Waals surface area contributed by atoms with Crippen LogP contribution in [-0.2, 0) is 11.3 Å². The number of ether oxygens (including phenoxy) is 4. The molecule has 28 heavy (non-hydrogen) atoms. The van der Waals surface area contributed by atoms with E-state index in [9.17, 15) is 5.11 Å². The highest BCUT2D eigenvalue weighted by molar-refractivity contribution is 5.40. The summed E-state index contributed by atoms with van der Waals surface area (Å²) in [6, 6.07) is 15.6. The van der Waals surface area contributed by atoms with Crippen LogP contribution in [-0.4, -0.2) is 54.2 Å². The first kappa shape index (κ1) is 17.8. The summed E-state index contributed by atoms with van der Waals surface area (Å²) in [5.41, 5.74) is 1.10. The number of aliphatic hydroxyl groups excluding tert-OH is 1. The van der Waals surface area contributed by atoms with Crippen LogP contribution in [0.25, 0.3) is 0 Å². The van der Waals surface area contributed by atoms with Crippen LogP contribution < -0.4 is 14.2 Å². The molecule has 6 heteroatoms. The van der Waals surface area contributed by atoms with Crippen LogP contribution in [0.4, 0.5) is 0 Å². The molecule has 148 valence electrons. The Morgan fingerprint density at radius 3 is 2.54 bits per heavy atom. The molecule has 2 aromatic rings. The number of hydrogen-bond acceptors (Lipinski definition) is 6. The summed E-state index contributed by atoms with van der Waals surface area (Å²) in [7, 11) is 0. The number of likely N-dealkylation sites (tertiary alicyclic amines) is 1. The number of nitrogens with zero attached hydrogens (tertiary/aromatic N) is 1. The molecule has 2 aromatic carbocycles. The van der Waals surface area contributed by atoms with E-state index in [4.69, 9.17) is 18.9 Å². The average molecular weight is 383 g/mol. The number of fused-ring (bicyclic) bond motifs is 2. The molecule has 3 heterocycles. The van der Waals surface area contributed by atoms with Gasteiger partial charge in [0.25, 0.3) is 0 Å². The molecule has 1 fully saturated rings. The van der Waals surface area contributed by atoms with Crippen molar-refractivity contribution in [2.75, 3.05) is 26.2 Å². The van der Waals surface area contributed by atoms with Gasteiger partial charge in [-0.15, -0.1) is 0 Å². The predicted molar refractivity (Wildman–Crippen MR) is 103 cm³/mol. The molecule has 0 aromatic heterocycles. The summed E-state index contributed by atoms with van der Waals surface area (Å²) in [5.74, 6) is 1.81. The minimum absolute atomic E-state index is 0.360. The highest BCUT2D eigenvalue weighted by atomic mass is 16.7. The van der Waals surface area contributed by atoms with E-state index < -0.39 is 11.9 Å². The van der Waals surface area contributed by atoms with E-state index in [-0.39, 0.29) is 6.10 Å².